The number of aromatic nitrogens is 1. The van der Waals surface area contributed by atoms with Crippen molar-refractivity contribution in [2.45, 2.75) is 10.7 Å². The van der Waals surface area contributed by atoms with Crippen molar-refractivity contribution >= 4 is 23.3 Å². The molecule has 1 aromatic heterocycles. The lowest BCUT2D eigenvalue weighted by atomic mass is 10.3. The van der Waals surface area contributed by atoms with Crippen molar-refractivity contribution < 1.29 is 8.78 Å². The number of hydrogen-bond acceptors (Lipinski definition) is 4. The van der Waals surface area contributed by atoms with Crippen LogP contribution in [0, 0.1) is 11.3 Å². The van der Waals surface area contributed by atoms with E-state index < -0.39 is 5.76 Å². The number of nitrogens with one attached hydrogen (secondary N) is 1. The van der Waals surface area contributed by atoms with E-state index >= 15 is 0 Å². The molecular formula is C13H9F2N3S. The van der Waals surface area contributed by atoms with Crippen LogP contribution in [0.4, 0.5) is 20.3 Å². The van der Waals surface area contributed by atoms with Crippen LogP contribution in [0.5, 0.6) is 0 Å². The van der Waals surface area contributed by atoms with Gasteiger partial charge >= 0.3 is 0 Å². The summed E-state index contributed by atoms with van der Waals surface area (Å²) in [4.78, 5) is 4.48. The number of pyridine rings is 1. The highest BCUT2D eigenvalue weighted by Gasteiger charge is 2.09. The smallest absolute Gasteiger partial charge is 0.288 e. The van der Waals surface area contributed by atoms with E-state index in [-0.39, 0.29) is 0 Å². The van der Waals surface area contributed by atoms with Gasteiger partial charge in [0.1, 0.15) is 11.9 Å². The quantitative estimate of drug-likeness (QED) is 0.858. The van der Waals surface area contributed by atoms with Gasteiger partial charge < -0.3 is 5.32 Å². The molecule has 96 valence electrons. The second-order valence-corrected chi connectivity index (χ2v) is 4.58. The molecule has 0 aliphatic carbocycles. The number of alkyl halides is 2. The first-order valence-corrected chi connectivity index (χ1v) is 6.24. The fourth-order valence-corrected chi connectivity index (χ4v) is 2.04. The van der Waals surface area contributed by atoms with Crippen LogP contribution in [0.25, 0.3) is 0 Å². The fourth-order valence-electron chi connectivity index (χ4n) is 1.44. The molecule has 2 aromatic rings. The second kappa shape index (κ2) is 6.16. The number of rotatable bonds is 4. The van der Waals surface area contributed by atoms with Gasteiger partial charge in [-0.2, -0.15) is 14.0 Å². The summed E-state index contributed by atoms with van der Waals surface area (Å²) >= 11 is 0.476. The van der Waals surface area contributed by atoms with Gasteiger partial charge in [0.25, 0.3) is 5.76 Å². The number of hydrogen-bond donors (Lipinski definition) is 1. The molecule has 0 radical (unpaired) electrons. The number of para-hydroxylation sites is 1. The third-order valence-corrected chi connectivity index (χ3v) is 3.05. The standard InChI is InChI=1S/C13H9F2N3S/c14-13(15)19-11-4-2-1-3-10(11)18-12-6-5-9(7-16)8-17-12/h1-6,8,13H,(H,17,18). The van der Waals surface area contributed by atoms with Gasteiger partial charge in [0.2, 0.25) is 0 Å². The first-order valence-electron chi connectivity index (χ1n) is 5.36. The van der Waals surface area contributed by atoms with Crippen LogP contribution in [0.3, 0.4) is 0 Å². The van der Waals surface area contributed by atoms with Crippen molar-refractivity contribution in [3.05, 3.63) is 48.2 Å². The highest BCUT2D eigenvalue weighted by atomic mass is 32.2. The summed E-state index contributed by atoms with van der Waals surface area (Å²) in [7, 11) is 0. The molecule has 6 heteroatoms. The van der Waals surface area contributed by atoms with E-state index in [9.17, 15) is 8.78 Å². The van der Waals surface area contributed by atoms with Crippen molar-refractivity contribution in [3.63, 3.8) is 0 Å². The zero-order chi connectivity index (χ0) is 13.7. The summed E-state index contributed by atoms with van der Waals surface area (Å²) in [5.41, 5.74) is 1.01. The molecule has 2 rings (SSSR count). The van der Waals surface area contributed by atoms with Gasteiger partial charge in [0.05, 0.1) is 11.3 Å². The largest absolute Gasteiger partial charge is 0.339 e. The summed E-state index contributed by atoms with van der Waals surface area (Å²) in [5.74, 6) is -1.97. The number of halogens is 2. The van der Waals surface area contributed by atoms with Crippen molar-refractivity contribution in [2.75, 3.05) is 5.32 Å². The predicted molar refractivity (Wildman–Crippen MR) is 70.5 cm³/mol. The highest BCUT2D eigenvalue weighted by molar-refractivity contribution is 7.99. The van der Waals surface area contributed by atoms with E-state index in [2.05, 4.69) is 10.3 Å². The lowest BCUT2D eigenvalue weighted by molar-refractivity contribution is 0.252. The Hall–Kier alpha value is -2.13. The number of thioether (sulfide) groups is 1. The van der Waals surface area contributed by atoms with Crippen LogP contribution in [-0.2, 0) is 0 Å². The highest BCUT2D eigenvalue weighted by Crippen LogP contribution is 2.32. The Morgan fingerprint density at radius 1 is 1.21 bits per heavy atom. The van der Waals surface area contributed by atoms with Crippen LogP contribution < -0.4 is 5.32 Å². The van der Waals surface area contributed by atoms with Gasteiger partial charge in [0.15, 0.2) is 0 Å². The molecular weight excluding hydrogens is 268 g/mol. The first kappa shape index (κ1) is 13.3. The zero-order valence-corrected chi connectivity index (χ0v) is 10.5. The molecule has 0 amide bonds. The van der Waals surface area contributed by atoms with Crippen LogP contribution in [0.1, 0.15) is 5.56 Å². The average molecular weight is 277 g/mol. The van der Waals surface area contributed by atoms with Crippen molar-refractivity contribution in [1.29, 1.82) is 5.26 Å². The molecule has 0 bridgehead atoms. The second-order valence-electron chi connectivity index (χ2n) is 3.54. The molecule has 1 heterocycles. The maximum absolute atomic E-state index is 12.4. The fraction of sp³-hybridized carbons (Fsp3) is 0.0769. The van der Waals surface area contributed by atoms with E-state index in [4.69, 9.17) is 5.26 Å². The van der Waals surface area contributed by atoms with Crippen molar-refractivity contribution in [1.82, 2.24) is 4.98 Å². The Morgan fingerprint density at radius 3 is 2.63 bits per heavy atom. The molecule has 0 atom stereocenters. The Kier molecular flexibility index (Phi) is 4.31. The first-order chi connectivity index (χ1) is 9.19. The lowest BCUT2D eigenvalue weighted by Crippen LogP contribution is -1.96. The SMILES string of the molecule is N#Cc1ccc(Nc2ccccc2SC(F)F)nc1. The molecule has 19 heavy (non-hydrogen) atoms. The van der Waals surface area contributed by atoms with E-state index in [0.717, 1.165) is 0 Å². The maximum Gasteiger partial charge on any atom is 0.288 e. The number of anilines is 2. The van der Waals surface area contributed by atoms with Crippen LogP contribution in [0.15, 0.2) is 47.5 Å². The minimum atomic E-state index is -2.48. The zero-order valence-electron chi connectivity index (χ0n) is 9.68. The topological polar surface area (TPSA) is 48.7 Å². The van der Waals surface area contributed by atoms with Crippen LogP contribution in [-0.4, -0.2) is 10.7 Å². The summed E-state index contributed by atoms with van der Waals surface area (Å²) < 4.78 is 24.8. The molecule has 1 N–H and O–H groups in total. The maximum atomic E-state index is 12.4. The minimum absolute atomic E-state index is 0.445. The van der Waals surface area contributed by atoms with Gasteiger partial charge in [-0.3, -0.25) is 0 Å². The Bertz CT molecular complexity index is 594. The van der Waals surface area contributed by atoms with Crippen LogP contribution >= 0.6 is 11.8 Å². The molecule has 3 nitrogen and oxygen atoms in total. The number of benzene rings is 1. The van der Waals surface area contributed by atoms with Crippen molar-refractivity contribution in [2.24, 2.45) is 0 Å². The summed E-state index contributed by atoms with van der Waals surface area (Å²) in [6.07, 6.45) is 1.42. The summed E-state index contributed by atoms with van der Waals surface area (Å²) in [6.45, 7) is 0. The molecule has 0 spiro atoms. The third kappa shape index (κ3) is 3.66. The van der Waals surface area contributed by atoms with E-state index in [1.807, 2.05) is 6.07 Å². The van der Waals surface area contributed by atoms with E-state index in [1.54, 1.807) is 36.4 Å². The van der Waals surface area contributed by atoms with E-state index in [0.29, 0.717) is 33.7 Å². The predicted octanol–water partition coefficient (Wildman–Crippen LogP) is 4.01. The Balaban J connectivity index is 2.20. The van der Waals surface area contributed by atoms with Crippen LogP contribution in [0.2, 0.25) is 0 Å². The van der Waals surface area contributed by atoms with Crippen molar-refractivity contribution in [3.8, 4) is 6.07 Å². The molecule has 1 aromatic carbocycles. The summed E-state index contributed by atoms with van der Waals surface area (Å²) in [5, 5.41) is 11.6. The lowest BCUT2D eigenvalue weighted by Gasteiger charge is -2.10. The molecule has 0 saturated carbocycles. The van der Waals surface area contributed by atoms with Gasteiger partial charge in [-0.25, -0.2) is 4.98 Å². The summed E-state index contributed by atoms with van der Waals surface area (Å²) in [6, 6.07) is 12.0. The number of nitrogens with zero attached hydrogens (tertiary/aromatic N) is 2. The Labute approximate surface area is 113 Å². The van der Waals surface area contributed by atoms with E-state index in [1.165, 1.54) is 6.20 Å². The molecule has 0 aliphatic heterocycles. The van der Waals surface area contributed by atoms with Gasteiger partial charge in [-0.1, -0.05) is 23.9 Å². The Morgan fingerprint density at radius 2 is 2.00 bits per heavy atom. The average Bonchev–Trinajstić information content (AvgIpc) is 2.41. The van der Waals surface area contributed by atoms with Gasteiger partial charge in [-0.15, -0.1) is 0 Å². The molecule has 0 unspecified atom stereocenters. The monoisotopic (exact) mass is 277 g/mol. The normalized spacial score (nSPS) is 10.2. The molecule has 0 fully saturated rings. The molecule has 0 saturated heterocycles. The number of nitriles is 1. The minimum Gasteiger partial charge on any atom is -0.339 e. The third-order valence-electron chi connectivity index (χ3n) is 2.26. The van der Waals surface area contributed by atoms with Gasteiger partial charge in [-0.05, 0) is 24.3 Å². The van der Waals surface area contributed by atoms with Gasteiger partial charge in [0, 0.05) is 11.1 Å². The molecule has 0 aliphatic rings.